The van der Waals surface area contributed by atoms with Crippen LogP contribution in [0.1, 0.15) is 62.6 Å². The topological polar surface area (TPSA) is 63.6 Å². The van der Waals surface area contributed by atoms with Crippen LogP contribution in [0.4, 0.5) is 0 Å². The molecule has 0 saturated heterocycles. The molecule has 0 aliphatic heterocycles. The third kappa shape index (κ3) is 7.04. The van der Waals surface area contributed by atoms with Gasteiger partial charge in [0.1, 0.15) is 0 Å². The van der Waals surface area contributed by atoms with E-state index in [1.54, 1.807) is 12.5 Å². The molecule has 0 saturated carbocycles. The van der Waals surface area contributed by atoms with E-state index in [0.29, 0.717) is 0 Å². The van der Waals surface area contributed by atoms with E-state index in [-0.39, 0.29) is 12.3 Å². The Bertz CT molecular complexity index is 664. The van der Waals surface area contributed by atoms with Crippen LogP contribution < -0.4 is 0 Å². The van der Waals surface area contributed by atoms with E-state index in [2.05, 4.69) is 13.0 Å². The maximum absolute atomic E-state index is 10.7. The van der Waals surface area contributed by atoms with E-state index in [1.165, 1.54) is 16.7 Å². The second-order valence-electron chi connectivity index (χ2n) is 6.92. The van der Waals surface area contributed by atoms with E-state index in [9.17, 15) is 4.79 Å². The van der Waals surface area contributed by atoms with Crippen LogP contribution in [0.25, 0.3) is 0 Å². The monoisotopic (exact) mass is 344 g/mol. The summed E-state index contributed by atoms with van der Waals surface area (Å²) in [5, 5.41) is 8.78. The maximum atomic E-state index is 10.7. The zero-order chi connectivity index (χ0) is 18.1. The first kappa shape index (κ1) is 19.1. The van der Waals surface area contributed by atoms with E-state index >= 15 is 0 Å². The van der Waals surface area contributed by atoms with Gasteiger partial charge in [-0.25, -0.2) is 0 Å². The summed E-state index contributed by atoms with van der Waals surface area (Å²) < 4.78 is 10.5. The van der Waals surface area contributed by atoms with Crippen LogP contribution in [0.2, 0.25) is 0 Å². The number of carboxylic acids is 1. The zero-order valence-corrected chi connectivity index (χ0v) is 15.2. The average Bonchev–Trinajstić information content (AvgIpc) is 3.19. The van der Waals surface area contributed by atoms with Crippen molar-refractivity contribution < 1.29 is 18.7 Å². The zero-order valence-electron chi connectivity index (χ0n) is 15.2. The van der Waals surface area contributed by atoms with Gasteiger partial charge in [-0.1, -0.05) is 18.6 Å². The number of aliphatic carboxylic acids is 1. The molecule has 0 unspecified atom stereocenters. The summed E-state index contributed by atoms with van der Waals surface area (Å²) in [5.74, 6) is -0.451. The van der Waals surface area contributed by atoms with Gasteiger partial charge in [-0.2, -0.15) is 0 Å². The van der Waals surface area contributed by atoms with Crippen LogP contribution in [0.3, 0.4) is 0 Å². The van der Waals surface area contributed by atoms with Gasteiger partial charge in [0.15, 0.2) is 0 Å². The molecule has 2 aromatic rings. The van der Waals surface area contributed by atoms with Crippen molar-refractivity contribution in [1.29, 1.82) is 0 Å². The molecule has 4 nitrogen and oxygen atoms in total. The lowest BCUT2D eigenvalue weighted by molar-refractivity contribution is -0.138. The number of furan rings is 2. The fraction of sp³-hybridized carbons (Fsp3) is 0.476. The molecule has 1 N–H and O–H groups in total. The van der Waals surface area contributed by atoms with E-state index < -0.39 is 5.97 Å². The number of allylic oxidation sites excluding steroid dienone is 2. The lowest BCUT2D eigenvalue weighted by Gasteiger charge is -2.08. The van der Waals surface area contributed by atoms with Gasteiger partial charge in [0.25, 0.3) is 0 Å². The second kappa shape index (κ2) is 9.92. The van der Waals surface area contributed by atoms with Gasteiger partial charge in [0.05, 0.1) is 25.1 Å². The second-order valence-corrected chi connectivity index (χ2v) is 6.92. The lowest BCUT2D eigenvalue weighted by Crippen LogP contribution is -2.03. The molecule has 4 heteroatoms. The summed E-state index contributed by atoms with van der Waals surface area (Å²) in [6.07, 6.45) is 15.5. The smallest absolute Gasteiger partial charge is 0.303 e. The first-order chi connectivity index (χ1) is 12.0. The van der Waals surface area contributed by atoms with Crippen molar-refractivity contribution in [3.8, 4) is 0 Å². The molecule has 0 radical (unpaired) electrons. The summed E-state index contributed by atoms with van der Waals surface area (Å²) >= 11 is 0. The fourth-order valence-electron chi connectivity index (χ4n) is 3.04. The average molecular weight is 344 g/mol. The molecule has 136 valence electrons. The van der Waals surface area contributed by atoms with Crippen LogP contribution in [0.15, 0.2) is 51.6 Å². The Labute approximate surface area is 149 Å². The van der Waals surface area contributed by atoms with Gasteiger partial charge in [-0.05, 0) is 67.7 Å². The fourth-order valence-corrected chi connectivity index (χ4v) is 3.04. The van der Waals surface area contributed by atoms with Gasteiger partial charge in [0.2, 0.25) is 0 Å². The van der Waals surface area contributed by atoms with Crippen molar-refractivity contribution in [2.24, 2.45) is 5.92 Å². The maximum Gasteiger partial charge on any atom is 0.303 e. The van der Waals surface area contributed by atoms with Crippen LogP contribution in [0, 0.1) is 5.92 Å². The Balaban J connectivity index is 1.71. The first-order valence-electron chi connectivity index (χ1n) is 8.97. The summed E-state index contributed by atoms with van der Waals surface area (Å²) in [6.45, 7) is 4.16. The molecular formula is C21H28O4. The van der Waals surface area contributed by atoms with E-state index in [4.69, 9.17) is 13.9 Å². The van der Waals surface area contributed by atoms with Crippen LogP contribution in [0.5, 0.6) is 0 Å². The Hall–Kier alpha value is -2.23. The van der Waals surface area contributed by atoms with Crippen LogP contribution >= 0.6 is 0 Å². The van der Waals surface area contributed by atoms with Crippen molar-refractivity contribution in [2.75, 3.05) is 0 Å². The highest BCUT2D eigenvalue weighted by molar-refractivity contribution is 5.66. The van der Waals surface area contributed by atoms with Gasteiger partial charge in [-0.15, -0.1) is 0 Å². The SMILES string of the molecule is CC(=CCCc1cocc1Cc1ccoc1)CCC[C@@H](C)CC(=O)O. The molecule has 0 aromatic carbocycles. The van der Waals surface area contributed by atoms with Crippen molar-refractivity contribution in [3.63, 3.8) is 0 Å². The predicted octanol–water partition coefficient (Wildman–Crippen LogP) is 5.62. The Morgan fingerprint density at radius 1 is 1.24 bits per heavy atom. The molecule has 0 aliphatic rings. The molecule has 0 bridgehead atoms. The van der Waals surface area contributed by atoms with Crippen LogP contribution in [-0.2, 0) is 17.6 Å². The molecule has 2 heterocycles. The third-order valence-electron chi connectivity index (χ3n) is 4.51. The van der Waals surface area contributed by atoms with Gasteiger partial charge in [0, 0.05) is 12.8 Å². The molecule has 2 aromatic heterocycles. The third-order valence-corrected chi connectivity index (χ3v) is 4.51. The first-order valence-corrected chi connectivity index (χ1v) is 8.97. The number of rotatable bonds is 11. The number of hydrogen-bond donors (Lipinski definition) is 1. The largest absolute Gasteiger partial charge is 0.481 e. The molecule has 0 aliphatic carbocycles. The Kier molecular flexibility index (Phi) is 7.58. The normalized spacial score (nSPS) is 13.1. The molecular weight excluding hydrogens is 316 g/mol. The lowest BCUT2D eigenvalue weighted by atomic mass is 9.98. The summed E-state index contributed by atoms with van der Waals surface area (Å²) in [6, 6.07) is 1.98. The van der Waals surface area contributed by atoms with Crippen LogP contribution in [-0.4, -0.2) is 11.1 Å². The van der Waals surface area contributed by atoms with Crippen molar-refractivity contribution in [2.45, 2.75) is 58.8 Å². The molecule has 1 atom stereocenters. The molecule has 0 amide bonds. The summed E-state index contributed by atoms with van der Waals surface area (Å²) in [5.41, 5.74) is 5.00. The molecule has 0 fully saturated rings. The number of carbonyl (C=O) groups is 1. The van der Waals surface area contributed by atoms with Gasteiger partial charge < -0.3 is 13.9 Å². The number of hydrogen-bond acceptors (Lipinski definition) is 3. The number of aryl methyl sites for hydroxylation is 1. The van der Waals surface area contributed by atoms with E-state index in [1.807, 2.05) is 25.5 Å². The van der Waals surface area contributed by atoms with Crippen molar-refractivity contribution in [1.82, 2.24) is 0 Å². The molecule has 0 spiro atoms. The van der Waals surface area contributed by atoms with Crippen molar-refractivity contribution >= 4 is 5.97 Å². The minimum absolute atomic E-state index is 0.252. The standard InChI is InChI=1S/C21H28O4/c1-16(5-3-7-17(2)11-21(22)23)6-4-8-19-14-25-15-20(19)12-18-9-10-24-13-18/h6,9-10,13-15,17H,3-5,7-8,11-12H2,1-2H3,(H,22,23)/t17-/m1/s1. The molecule has 2 rings (SSSR count). The van der Waals surface area contributed by atoms with Gasteiger partial charge in [-0.3, -0.25) is 4.79 Å². The quantitative estimate of drug-likeness (QED) is 0.537. The molecule has 25 heavy (non-hydrogen) atoms. The Morgan fingerprint density at radius 3 is 2.76 bits per heavy atom. The van der Waals surface area contributed by atoms with Crippen molar-refractivity contribution in [3.05, 3.63) is 59.5 Å². The summed E-state index contributed by atoms with van der Waals surface area (Å²) in [4.78, 5) is 10.7. The summed E-state index contributed by atoms with van der Waals surface area (Å²) in [7, 11) is 0. The highest BCUT2D eigenvalue weighted by Crippen LogP contribution is 2.19. The predicted molar refractivity (Wildman–Crippen MR) is 97.6 cm³/mol. The minimum atomic E-state index is -0.703. The van der Waals surface area contributed by atoms with E-state index in [0.717, 1.165) is 44.1 Å². The van der Waals surface area contributed by atoms with Gasteiger partial charge >= 0.3 is 5.97 Å². The Morgan fingerprint density at radius 2 is 2.04 bits per heavy atom. The number of carboxylic acid groups (broad SMARTS) is 1. The highest BCUT2D eigenvalue weighted by atomic mass is 16.4. The highest BCUT2D eigenvalue weighted by Gasteiger charge is 2.08. The minimum Gasteiger partial charge on any atom is -0.481 e.